The number of aromatic nitrogens is 1. The number of hydrogen-bond donors (Lipinski definition) is 1. The van der Waals surface area contributed by atoms with Crippen molar-refractivity contribution in [3.63, 3.8) is 0 Å². The van der Waals surface area contributed by atoms with Crippen LogP contribution in [0.4, 0.5) is 10.8 Å². The number of nitrogens with one attached hydrogen (secondary N) is 1. The highest BCUT2D eigenvalue weighted by atomic mass is 32.1. The number of anilines is 2. The second kappa shape index (κ2) is 7.33. The van der Waals surface area contributed by atoms with E-state index in [1.807, 2.05) is 48.5 Å². The Morgan fingerprint density at radius 2 is 2.12 bits per heavy atom. The van der Waals surface area contributed by atoms with Gasteiger partial charge in [-0.15, -0.1) is 0 Å². The van der Waals surface area contributed by atoms with E-state index in [4.69, 9.17) is 9.72 Å². The fraction of sp³-hybridized carbons (Fsp3) is 0.300. The van der Waals surface area contributed by atoms with E-state index in [2.05, 4.69) is 10.2 Å². The van der Waals surface area contributed by atoms with E-state index in [-0.39, 0.29) is 11.8 Å². The summed E-state index contributed by atoms with van der Waals surface area (Å²) in [7, 11) is 1.67. The van der Waals surface area contributed by atoms with Gasteiger partial charge >= 0.3 is 0 Å². The third-order valence-corrected chi connectivity index (χ3v) is 5.77. The molecule has 1 amide bonds. The van der Waals surface area contributed by atoms with Crippen LogP contribution in [-0.2, 0) is 4.79 Å². The standard InChI is InChI=1S/C20H21N3O2S/c1-25-16-9-10-17-18(12-16)26-20(22-17)23-11-5-6-14(13-23)19(24)21-15-7-3-2-4-8-15/h2-4,7-10,12,14H,5-6,11,13H2,1H3,(H,21,24). The molecular formula is C20H21N3O2S. The first kappa shape index (κ1) is 16.8. The quantitative estimate of drug-likeness (QED) is 0.752. The molecule has 0 radical (unpaired) electrons. The molecule has 0 spiro atoms. The highest BCUT2D eigenvalue weighted by Crippen LogP contribution is 2.33. The lowest BCUT2D eigenvalue weighted by Gasteiger charge is -2.31. The number of carbonyl (C=O) groups is 1. The zero-order valence-electron chi connectivity index (χ0n) is 14.6. The highest BCUT2D eigenvalue weighted by Gasteiger charge is 2.27. The Kier molecular flexibility index (Phi) is 4.75. The monoisotopic (exact) mass is 367 g/mol. The third kappa shape index (κ3) is 3.51. The van der Waals surface area contributed by atoms with E-state index in [9.17, 15) is 4.79 Å². The maximum atomic E-state index is 12.6. The van der Waals surface area contributed by atoms with Crippen molar-refractivity contribution in [1.82, 2.24) is 4.98 Å². The van der Waals surface area contributed by atoms with Gasteiger partial charge in [-0.1, -0.05) is 29.5 Å². The van der Waals surface area contributed by atoms with Gasteiger partial charge in [0.25, 0.3) is 0 Å². The fourth-order valence-electron chi connectivity index (χ4n) is 3.29. The third-order valence-electron chi connectivity index (χ3n) is 4.69. The van der Waals surface area contributed by atoms with Crippen molar-refractivity contribution in [3.05, 3.63) is 48.5 Å². The fourth-order valence-corrected chi connectivity index (χ4v) is 4.31. The first-order valence-electron chi connectivity index (χ1n) is 8.78. The molecule has 0 aliphatic carbocycles. The van der Waals surface area contributed by atoms with Gasteiger partial charge in [-0.3, -0.25) is 4.79 Å². The zero-order valence-corrected chi connectivity index (χ0v) is 15.5. The van der Waals surface area contributed by atoms with Crippen molar-refractivity contribution < 1.29 is 9.53 Å². The number of piperidine rings is 1. The Bertz CT molecular complexity index is 910. The SMILES string of the molecule is COc1ccc2nc(N3CCCC(C(=O)Nc4ccccc4)C3)sc2c1. The van der Waals surface area contributed by atoms with E-state index in [0.717, 1.165) is 46.2 Å². The Labute approximate surface area is 156 Å². The Hall–Kier alpha value is -2.60. The predicted molar refractivity (Wildman–Crippen MR) is 106 cm³/mol. The second-order valence-electron chi connectivity index (χ2n) is 6.47. The Morgan fingerprint density at radius 3 is 2.92 bits per heavy atom. The maximum absolute atomic E-state index is 12.6. The van der Waals surface area contributed by atoms with Gasteiger partial charge in [0.05, 0.1) is 23.2 Å². The van der Waals surface area contributed by atoms with Gasteiger partial charge in [-0.05, 0) is 43.2 Å². The van der Waals surface area contributed by atoms with Gasteiger partial charge in [0.1, 0.15) is 5.75 Å². The van der Waals surface area contributed by atoms with Crippen molar-refractivity contribution in [2.45, 2.75) is 12.8 Å². The van der Waals surface area contributed by atoms with Crippen LogP contribution in [0.5, 0.6) is 5.75 Å². The summed E-state index contributed by atoms with van der Waals surface area (Å²) in [5.74, 6) is 0.903. The Balaban J connectivity index is 1.48. The zero-order chi connectivity index (χ0) is 17.9. The second-order valence-corrected chi connectivity index (χ2v) is 7.48. The summed E-state index contributed by atoms with van der Waals surface area (Å²) in [5, 5.41) is 4.00. The van der Waals surface area contributed by atoms with Crippen LogP contribution in [0.3, 0.4) is 0 Å². The van der Waals surface area contributed by atoms with E-state index < -0.39 is 0 Å². The van der Waals surface area contributed by atoms with Crippen molar-refractivity contribution >= 4 is 38.3 Å². The molecule has 1 saturated heterocycles. The molecule has 1 unspecified atom stereocenters. The number of ether oxygens (including phenoxy) is 1. The van der Waals surface area contributed by atoms with Gasteiger partial charge in [0, 0.05) is 18.8 Å². The molecule has 134 valence electrons. The molecule has 3 aromatic rings. The lowest BCUT2D eigenvalue weighted by atomic mass is 9.97. The molecule has 6 heteroatoms. The largest absolute Gasteiger partial charge is 0.497 e. The lowest BCUT2D eigenvalue weighted by Crippen LogP contribution is -2.40. The van der Waals surface area contributed by atoms with Crippen LogP contribution in [0, 0.1) is 5.92 Å². The summed E-state index contributed by atoms with van der Waals surface area (Å²) in [6.07, 6.45) is 1.90. The molecule has 26 heavy (non-hydrogen) atoms. The smallest absolute Gasteiger partial charge is 0.229 e. The molecule has 4 rings (SSSR count). The van der Waals surface area contributed by atoms with Gasteiger partial charge < -0.3 is 15.0 Å². The summed E-state index contributed by atoms with van der Waals surface area (Å²) >= 11 is 1.65. The summed E-state index contributed by atoms with van der Waals surface area (Å²) < 4.78 is 6.40. The number of amides is 1. The lowest BCUT2D eigenvalue weighted by molar-refractivity contribution is -0.120. The molecule has 0 saturated carbocycles. The maximum Gasteiger partial charge on any atom is 0.229 e. The molecule has 1 aliphatic rings. The number of para-hydroxylation sites is 1. The number of carbonyl (C=O) groups excluding carboxylic acids is 1. The highest BCUT2D eigenvalue weighted by molar-refractivity contribution is 7.22. The molecule has 1 atom stereocenters. The van der Waals surface area contributed by atoms with Crippen molar-refractivity contribution in [1.29, 1.82) is 0 Å². The van der Waals surface area contributed by atoms with Crippen molar-refractivity contribution in [3.8, 4) is 5.75 Å². The van der Waals surface area contributed by atoms with Gasteiger partial charge in [0.15, 0.2) is 5.13 Å². The number of benzene rings is 2. The summed E-state index contributed by atoms with van der Waals surface area (Å²) in [6, 6.07) is 15.6. The molecule has 1 aliphatic heterocycles. The minimum Gasteiger partial charge on any atom is -0.497 e. The van der Waals surface area contributed by atoms with E-state index >= 15 is 0 Å². The van der Waals surface area contributed by atoms with Crippen LogP contribution in [0.2, 0.25) is 0 Å². The first-order chi connectivity index (χ1) is 12.7. The number of methoxy groups -OCH3 is 1. The van der Waals surface area contributed by atoms with Crippen LogP contribution < -0.4 is 15.0 Å². The number of nitrogens with zero attached hydrogens (tertiary/aromatic N) is 2. The van der Waals surface area contributed by atoms with Gasteiger partial charge in [-0.2, -0.15) is 0 Å². The number of fused-ring (bicyclic) bond motifs is 1. The van der Waals surface area contributed by atoms with E-state index in [0.29, 0.717) is 6.54 Å². The van der Waals surface area contributed by atoms with Crippen LogP contribution in [0.1, 0.15) is 12.8 Å². The molecule has 1 aromatic heterocycles. The van der Waals surface area contributed by atoms with Crippen LogP contribution in [0.25, 0.3) is 10.2 Å². The molecule has 2 aromatic carbocycles. The average molecular weight is 367 g/mol. The number of thiazole rings is 1. The Morgan fingerprint density at radius 1 is 1.27 bits per heavy atom. The molecule has 0 bridgehead atoms. The minimum absolute atomic E-state index is 0.0227. The minimum atomic E-state index is -0.0227. The number of hydrogen-bond acceptors (Lipinski definition) is 5. The van der Waals surface area contributed by atoms with E-state index in [1.54, 1.807) is 18.4 Å². The van der Waals surface area contributed by atoms with Crippen molar-refractivity contribution in [2.24, 2.45) is 5.92 Å². The van der Waals surface area contributed by atoms with E-state index in [1.165, 1.54) is 0 Å². The van der Waals surface area contributed by atoms with Crippen LogP contribution in [0.15, 0.2) is 48.5 Å². The molecule has 5 nitrogen and oxygen atoms in total. The summed E-state index contributed by atoms with van der Waals surface area (Å²) in [4.78, 5) is 19.6. The average Bonchev–Trinajstić information content (AvgIpc) is 3.12. The summed E-state index contributed by atoms with van der Waals surface area (Å²) in [5.41, 5.74) is 1.82. The number of rotatable bonds is 4. The van der Waals surface area contributed by atoms with Crippen LogP contribution in [-0.4, -0.2) is 31.1 Å². The molecule has 2 heterocycles. The van der Waals surface area contributed by atoms with Gasteiger partial charge in [-0.25, -0.2) is 4.98 Å². The topological polar surface area (TPSA) is 54.5 Å². The predicted octanol–water partition coefficient (Wildman–Crippen LogP) is 4.16. The van der Waals surface area contributed by atoms with Crippen molar-refractivity contribution in [2.75, 3.05) is 30.4 Å². The molecule has 1 fully saturated rings. The molecular weight excluding hydrogens is 346 g/mol. The normalized spacial score (nSPS) is 17.3. The van der Waals surface area contributed by atoms with Gasteiger partial charge in [0.2, 0.25) is 5.91 Å². The first-order valence-corrected chi connectivity index (χ1v) is 9.60. The summed E-state index contributed by atoms with van der Waals surface area (Å²) in [6.45, 7) is 1.64. The molecule has 1 N–H and O–H groups in total. The van der Waals surface area contributed by atoms with Crippen LogP contribution >= 0.6 is 11.3 Å².